The maximum absolute atomic E-state index is 11.7. The predicted octanol–water partition coefficient (Wildman–Crippen LogP) is -0.0818. The number of carbonyl (C=O) groups excluding carboxylic acids is 1. The van der Waals surface area contributed by atoms with Crippen LogP contribution >= 0.6 is 0 Å². The van der Waals surface area contributed by atoms with E-state index in [4.69, 9.17) is 5.11 Å². The van der Waals surface area contributed by atoms with Gasteiger partial charge >= 0.3 is 5.97 Å². The van der Waals surface area contributed by atoms with Crippen molar-refractivity contribution in [3.63, 3.8) is 0 Å². The minimum atomic E-state index is -1.30. The molecule has 0 spiro atoms. The molecule has 108 valence electrons. The van der Waals surface area contributed by atoms with Crippen molar-refractivity contribution in [1.29, 1.82) is 0 Å². The van der Waals surface area contributed by atoms with Crippen molar-refractivity contribution in [3.05, 3.63) is 40.2 Å². The van der Waals surface area contributed by atoms with E-state index in [1.165, 1.54) is 6.33 Å². The Kier molecular flexibility index (Phi) is 3.83. The Bertz CT molecular complexity index is 698. The fourth-order valence-corrected chi connectivity index (χ4v) is 1.51. The number of rotatable bonds is 5. The molecule has 0 saturated carbocycles. The zero-order valence-corrected chi connectivity index (χ0v) is 10.3. The number of tetrazole rings is 1. The van der Waals surface area contributed by atoms with Crippen LogP contribution in [0.1, 0.15) is 10.4 Å². The Morgan fingerprint density at radius 3 is 2.76 bits per heavy atom. The van der Waals surface area contributed by atoms with Crippen molar-refractivity contribution >= 4 is 23.3 Å². The fraction of sp³-hybridized carbons (Fsp3) is 0.100. The lowest BCUT2D eigenvalue weighted by atomic mass is 10.1. The smallest absolute Gasteiger partial charge is 0.335 e. The number of anilines is 1. The standard InChI is InChI=1S/C10H8N6O5/c17-9(4-15-5-11-13-14-15)12-7-2-1-6(10(18)19)3-8(7)16(20)21/h1-3,5H,4H2,(H,12,17)(H,18,19). The van der Waals surface area contributed by atoms with Gasteiger partial charge in [0.25, 0.3) is 5.69 Å². The van der Waals surface area contributed by atoms with Crippen molar-refractivity contribution in [1.82, 2.24) is 20.2 Å². The first-order valence-electron chi connectivity index (χ1n) is 5.49. The van der Waals surface area contributed by atoms with Gasteiger partial charge in [0.1, 0.15) is 18.6 Å². The van der Waals surface area contributed by atoms with Crippen molar-refractivity contribution in [2.24, 2.45) is 0 Å². The number of amides is 1. The molecule has 1 aromatic carbocycles. The Balaban J connectivity index is 2.21. The van der Waals surface area contributed by atoms with Gasteiger partial charge in [0, 0.05) is 6.07 Å². The number of aromatic nitrogens is 4. The van der Waals surface area contributed by atoms with Crippen molar-refractivity contribution in [3.8, 4) is 0 Å². The molecule has 0 saturated heterocycles. The monoisotopic (exact) mass is 292 g/mol. The first-order valence-corrected chi connectivity index (χ1v) is 5.49. The van der Waals surface area contributed by atoms with Crippen molar-refractivity contribution in [2.45, 2.75) is 6.54 Å². The maximum Gasteiger partial charge on any atom is 0.335 e. The second-order valence-corrected chi connectivity index (χ2v) is 3.85. The van der Waals surface area contributed by atoms with E-state index in [1.807, 2.05) is 0 Å². The van der Waals surface area contributed by atoms with Gasteiger partial charge in [0.2, 0.25) is 5.91 Å². The molecule has 0 unspecified atom stereocenters. The van der Waals surface area contributed by atoms with Gasteiger partial charge in [-0.25, -0.2) is 9.48 Å². The van der Waals surface area contributed by atoms with Crippen LogP contribution in [0.25, 0.3) is 0 Å². The van der Waals surface area contributed by atoms with Gasteiger partial charge in [-0.2, -0.15) is 0 Å². The molecule has 21 heavy (non-hydrogen) atoms. The third kappa shape index (κ3) is 3.34. The summed E-state index contributed by atoms with van der Waals surface area (Å²) in [6.07, 6.45) is 1.21. The fourth-order valence-electron chi connectivity index (χ4n) is 1.51. The summed E-state index contributed by atoms with van der Waals surface area (Å²) in [6, 6.07) is 3.18. The zero-order valence-electron chi connectivity index (χ0n) is 10.3. The molecule has 0 bridgehead atoms. The van der Waals surface area contributed by atoms with Gasteiger partial charge in [-0.3, -0.25) is 14.9 Å². The van der Waals surface area contributed by atoms with Gasteiger partial charge in [-0.1, -0.05) is 0 Å². The average molecular weight is 292 g/mol. The average Bonchev–Trinajstić information content (AvgIpc) is 2.91. The molecule has 1 aromatic heterocycles. The van der Waals surface area contributed by atoms with Gasteiger partial charge in [-0.15, -0.1) is 5.10 Å². The number of nitro groups is 1. The van der Waals surface area contributed by atoms with Crippen molar-refractivity contribution < 1.29 is 19.6 Å². The number of nitrogens with zero attached hydrogens (tertiary/aromatic N) is 5. The summed E-state index contributed by atoms with van der Waals surface area (Å²) in [5.41, 5.74) is -0.872. The van der Waals surface area contributed by atoms with E-state index in [9.17, 15) is 19.7 Å². The molecular weight excluding hydrogens is 284 g/mol. The first kappa shape index (κ1) is 14.0. The van der Waals surface area contributed by atoms with Gasteiger partial charge < -0.3 is 10.4 Å². The van der Waals surface area contributed by atoms with Crippen LogP contribution in [0.15, 0.2) is 24.5 Å². The van der Waals surface area contributed by atoms with Crippen LogP contribution in [-0.4, -0.2) is 42.1 Å². The number of aromatic carboxylic acids is 1. The van der Waals surface area contributed by atoms with Crippen LogP contribution in [0.5, 0.6) is 0 Å². The normalized spacial score (nSPS) is 10.1. The second kappa shape index (κ2) is 5.73. The van der Waals surface area contributed by atoms with E-state index in [0.717, 1.165) is 22.9 Å². The number of carboxylic acids is 1. The number of benzene rings is 1. The molecule has 0 radical (unpaired) electrons. The van der Waals surface area contributed by atoms with Crippen LogP contribution in [0.4, 0.5) is 11.4 Å². The van der Waals surface area contributed by atoms with Crippen molar-refractivity contribution in [2.75, 3.05) is 5.32 Å². The molecular formula is C10H8N6O5. The molecule has 11 heteroatoms. The highest BCUT2D eigenvalue weighted by Gasteiger charge is 2.19. The Hall–Kier alpha value is -3.37. The summed E-state index contributed by atoms with van der Waals surface area (Å²) >= 11 is 0. The SMILES string of the molecule is O=C(Cn1cnnn1)Nc1ccc(C(=O)O)cc1[N+](=O)[O-]. The quantitative estimate of drug-likeness (QED) is 0.572. The molecule has 0 aliphatic heterocycles. The Morgan fingerprint density at radius 1 is 1.43 bits per heavy atom. The number of carbonyl (C=O) groups is 2. The molecule has 1 amide bonds. The first-order chi connectivity index (χ1) is 9.97. The van der Waals surface area contributed by atoms with Crippen LogP contribution in [0.3, 0.4) is 0 Å². The predicted molar refractivity (Wildman–Crippen MR) is 66.5 cm³/mol. The molecule has 1 heterocycles. The zero-order chi connectivity index (χ0) is 15.4. The summed E-state index contributed by atoms with van der Waals surface area (Å²) in [5, 5.41) is 32.2. The van der Waals surface area contributed by atoms with E-state index in [2.05, 4.69) is 20.8 Å². The number of hydrogen-bond donors (Lipinski definition) is 2. The van der Waals surface area contributed by atoms with Crippen LogP contribution in [-0.2, 0) is 11.3 Å². The summed E-state index contributed by atoms with van der Waals surface area (Å²) in [7, 11) is 0. The number of carboxylic acid groups (broad SMARTS) is 1. The number of nitrogens with one attached hydrogen (secondary N) is 1. The number of hydrogen-bond acceptors (Lipinski definition) is 7. The van der Waals surface area contributed by atoms with Gasteiger partial charge in [-0.05, 0) is 22.6 Å². The van der Waals surface area contributed by atoms with E-state index in [-0.39, 0.29) is 17.8 Å². The second-order valence-electron chi connectivity index (χ2n) is 3.85. The molecule has 2 N–H and O–H groups in total. The van der Waals surface area contributed by atoms with Crippen LogP contribution < -0.4 is 5.32 Å². The topological polar surface area (TPSA) is 153 Å². The minimum absolute atomic E-state index is 0.108. The summed E-state index contributed by atoms with van der Waals surface area (Å²) < 4.78 is 1.13. The maximum atomic E-state index is 11.7. The lowest BCUT2D eigenvalue weighted by Crippen LogP contribution is -2.20. The summed E-state index contributed by atoms with van der Waals surface area (Å²) in [6.45, 7) is -0.231. The summed E-state index contributed by atoms with van der Waals surface area (Å²) in [4.78, 5) is 32.6. The molecule has 11 nitrogen and oxygen atoms in total. The lowest BCUT2D eigenvalue weighted by Gasteiger charge is -2.06. The molecule has 0 aliphatic rings. The van der Waals surface area contributed by atoms with Crippen LogP contribution in [0, 0.1) is 10.1 Å². The minimum Gasteiger partial charge on any atom is -0.478 e. The van der Waals surface area contributed by atoms with E-state index < -0.39 is 22.5 Å². The lowest BCUT2D eigenvalue weighted by molar-refractivity contribution is -0.384. The Labute approximate surface area is 116 Å². The molecule has 2 aromatic rings. The summed E-state index contributed by atoms with van der Waals surface area (Å²) in [5.74, 6) is -1.89. The molecule has 0 aliphatic carbocycles. The van der Waals surface area contributed by atoms with E-state index in [1.54, 1.807) is 0 Å². The highest BCUT2D eigenvalue weighted by atomic mass is 16.6. The van der Waals surface area contributed by atoms with E-state index in [0.29, 0.717) is 0 Å². The number of nitro benzene ring substituents is 1. The highest BCUT2D eigenvalue weighted by Crippen LogP contribution is 2.25. The molecule has 2 rings (SSSR count). The third-order valence-corrected chi connectivity index (χ3v) is 2.41. The molecule has 0 fully saturated rings. The van der Waals surface area contributed by atoms with E-state index >= 15 is 0 Å². The Morgan fingerprint density at radius 2 is 2.19 bits per heavy atom. The largest absolute Gasteiger partial charge is 0.478 e. The highest BCUT2D eigenvalue weighted by molar-refractivity contribution is 5.95. The van der Waals surface area contributed by atoms with Gasteiger partial charge in [0.05, 0.1) is 10.5 Å². The molecule has 0 atom stereocenters. The third-order valence-electron chi connectivity index (χ3n) is 2.41. The van der Waals surface area contributed by atoms with Gasteiger partial charge in [0.15, 0.2) is 0 Å². The van der Waals surface area contributed by atoms with Crippen LogP contribution in [0.2, 0.25) is 0 Å².